The first kappa shape index (κ1) is 14.9. The Balaban J connectivity index is 2.13. The van der Waals surface area contributed by atoms with Crippen LogP contribution < -0.4 is 11.2 Å². The van der Waals surface area contributed by atoms with Crippen molar-refractivity contribution >= 4 is 7.60 Å². The summed E-state index contributed by atoms with van der Waals surface area (Å²) >= 11 is 0. The van der Waals surface area contributed by atoms with E-state index < -0.39 is 43.2 Å². The van der Waals surface area contributed by atoms with E-state index in [1.54, 1.807) is 0 Å². The number of aromatic amines is 1. The molecule has 0 fully saturated rings. The van der Waals surface area contributed by atoms with Gasteiger partial charge in [-0.3, -0.25) is 18.9 Å². The van der Waals surface area contributed by atoms with Gasteiger partial charge >= 0.3 is 13.3 Å². The van der Waals surface area contributed by atoms with E-state index in [1.807, 2.05) is 4.98 Å². The lowest BCUT2D eigenvalue weighted by Gasteiger charge is -2.15. The zero-order valence-corrected chi connectivity index (χ0v) is 11.0. The zero-order chi connectivity index (χ0) is 14.9. The van der Waals surface area contributed by atoms with Gasteiger partial charge in [-0.05, 0) is 6.08 Å². The molecule has 0 radical (unpaired) electrons. The van der Waals surface area contributed by atoms with Gasteiger partial charge < -0.3 is 14.5 Å². The summed E-state index contributed by atoms with van der Waals surface area (Å²) in [7, 11) is -4.38. The fourth-order valence-electron chi connectivity index (χ4n) is 1.91. The van der Waals surface area contributed by atoms with Gasteiger partial charge in [0.2, 0.25) is 0 Å². The van der Waals surface area contributed by atoms with Crippen molar-refractivity contribution in [3.63, 3.8) is 0 Å². The molecule has 1 aliphatic carbocycles. The Morgan fingerprint density at radius 1 is 1.50 bits per heavy atom. The second-order valence-electron chi connectivity index (χ2n) is 4.32. The third kappa shape index (κ3) is 3.51. The van der Waals surface area contributed by atoms with Gasteiger partial charge in [0.25, 0.3) is 5.56 Å². The number of hydrogen-bond acceptors (Lipinski definition) is 4. The number of ether oxygens (including phenoxy) is 1. The summed E-state index contributed by atoms with van der Waals surface area (Å²) in [4.78, 5) is 41.9. The Labute approximate surface area is 111 Å². The molecule has 0 aromatic carbocycles. The molecule has 1 aliphatic rings. The molecule has 1 aromatic rings. The number of allylic oxidation sites excluding steroid dienone is 1. The van der Waals surface area contributed by atoms with E-state index in [1.165, 1.54) is 6.20 Å². The minimum absolute atomic E-state index is 0.0117. The Kier molecular flexibility index (Phi) is 4.05. The number of nitrogens with zero attached hydrogens (tertiary/aromatic N) is 1. The van der Waals surface area contributed by atoms with Gasteiger partial charge in [-0.2, -0.15) is 0 Å². The quantitative estimate of drug-likeness (QED) is 0.665. The smallest absolute Gasteiger partial charge is 0.351 e. The zero-order valence-electron chi connectivity index (χ0n) is 10.1. The van der Waals surface area contributed by atoms with Crippen molar-refractivity contribution in [1.29, 1.82) is 0 Å². The summed E-state index contributed by atoms with van der Waals surface area (Å²) in [6.45, 7) is 0. The van der Waals surface area contributed by atoms with E-state index in [-0.39, 0.29) is 6.42 Å². The summed E-state index contributed by atoms with van der Waals surface area (Å²) in [6.07, 6.45) is 0.334. The number of aromatic nitrogens is 2. The van der Waals surface area contributed by atoms with Gasteiger partial charge in [0.15, 0.2) is 0 Å². The van der Waals surface area contributed by atoms with Gasteiger partial charge in [0.05, 0.1) is 6.04 Å². The van der Waals surface area contributed by atoms with E-state index in [4.69, 9.17) is 14.5 Å². The third-order valence-electron chi connectivity index (χ3n) is 2.77. The minimum Gasteiger partial charge on any atom is -0.358 e. The Morgan fingerprint density at radius 2 is 2.20 bits per heavy atom. The fourth-order valence-corrected chi connectivity index (χ4v) is 2.28. The maximum atomic E-state index is 13.6. The van der Waals surface area contributed by atoms with Gasteiger partial charge in [0, 0.05) is 18.7 Å². The molecular weight excluding hydrogens is 294 g/mol. The highest BCUT2D eigenvalue weighted by Gasteiger charge is 2.31. The molecule has 8 nitrogen and oxygen atoms in total. The van der Waals surface area contributed by atoms with Gasteiger partial charge in [-0.15, -0.1) is 0 Å². The summed E-state index contributed by atoms with van der Waals surface area (Å²) in [5.74, 6) is -0.707. The predicted octanol–water partition coefficient (Wildman–Crippen LogP) is -0.145. The van der Waals surface area contributed by atoms with Crippen molar-refractivity contribution in [2.45, 2.75) is 18.6 Å². The summed E-state index contributed by atoms with van der Waals surface area (Å²) in [6, 6.07) is 0.442. The van der Waals surface area contributed by atoms with Crippen LogP contribution in [0.4, 0.5) is 4.39 Å². The van der Waals surface area contributed by atoms with E-state index in [2.05, 4.69) is 0 Å². The fraction of sp³-hybridized carbons (Fsp3) is 0.400. The first-order valence-corrected chi connectivity index (χ1v) is 7.41. The second-order valence-corrected chi connectivity index (χ2v) is 5.91. The first-order valence-electron chi connectivity index (χ1n) is 5.61. The highest BCUT2D eigenvalue weighted by molar-refractivity contribution is 7.51. The number of hydrogen-bond donors (Lipinski definition) is 3. The maximum absolute atomic E-state index is 13.6. The van der Waals surface area contributed by atoms with Crippen LogP contribution in [0.5, 0.6) is 0 Å². The SMILES string of the molecule is O=c1ccn([C@H]2C=C(F)[C@@H](OCP(=O)(O)O)C2)c(=O)[nH]1. The maximum Gasteiger partial charge on any atom is 0.351 e. The summed E-state index contributed by atoms with van der Waals surface area (Å²) < 4.78 is 30.2. The molecule has 110 valence electrons. The van der Waals surface area contributed by atoms with Crippen LogP contribution in [0, 0.1) is 0 Å². The molecule has 2 rings (SSSR count). The molecule has 0 unspecified atom stereocenters. The monoisotopic (exact) mass is 306 g/mol. The molecule has 0 amide bonds. The lowest BCUT2D eigenvalue weighted by Crippen LogP contribution is -2.31. The van der Waals surface area contributed by atoms with Crippen molar-refractivity contribution in [2.24, 2.45) is 0 Å². The number of H-pyrrole nitrogens is 1. The number of nitrogens with one attached hydrogen (secondary N) is 1. The number of halogens is 1. The van der Waals surface area contributed by atoms with Crippen LogP contribution in [0.25, 0.3) is 0 Å². The molecule has 0 spiro atoms. The summed E-state index contributed by atoms with van der Waals surface area (Å²) in [5.41, 5.74) is -1.26. The third-order valence-corrected chi connectivity index (χ3v) is 3.25. The molecule has 0 aliphatic heterocycles. The molecular formula is C10H12FN2O6P. The second kappa shape index (κ2) is 5.45. The first-order chi connectivity index (χ1) is 9.26. The molecule has 3 N–H and O–H groups in total. The molecule has 1 heterocycles. The standard InChI is InChI=1S/C10H12FN2O6P/c11-7-3-6(4-8(7)19-5-20(16,17)18)13-2-1-9(14)12-10(13)15/h1-3,6,8H,4-5H2,(H,12,14,15)(H2,16,17,18)/t6-,8-/m0/s1. The van der Waals surface area contributed by atoms with Crippen LogP contribution in [0.1, 0.15) is 12.5 Å². The summed E-state index contributed by atoms with van der Waals surface area (Å²) in [5, 5.41) is 0. The molecule has 2 atom stereocenters. The van der Waals surface area contributed by atoms with E-state index in [0.717, 1.165) is 16.7 Å². The van der Waals surface area contributed by atoms with Gasteiger partial charge in [-0.1, -0.05) is 0 Å². The average Bonchev–Trinajstić information content (AvgIpc) is 2.67. The largest absolute Gasteiger partial charge is 0.358 e. The van der Waals surface area contributed by atoms with Crippen LogP contribution in [-0.2, 0) is 9.30 Å². The van der Waals surface area contributed by atoms with Crippen LogP contribution >= 0.6 is 7.60 Å². The Morgan fingerprint density at radius 3 is 2.80 bits per heavy atom. The van der Waals surface area contributed by atoms with Crippen molar-refractivity contribution in [3.8, 4) is 0 Å². The van der Waals surface area contributed by atoms with Crippen molar-refractivity contribution in [3.05, 3.63) is 45.0 Å². The lowest BCUT2D eigenvalue weighted by atomic mass is 10.2. The Hall–Kier alpha value is -1.54. The van der Waals surface area contributed by atoms with E-state index >= 15 is 0 Å². The molecule has 0 bridgehead atoms. The molecule has 10 heteroatoms. The topological polar surface area (TPSA) is 122 Å². The normalized spacial score (nSPS) is 22.9. The van der Waals surface area contributed by atoms with Gasteiger partial charge in [0.1, 0.15) is 18.3 Å². The van der Waals surface area contributed by atoms with E-state index in [9.17, 15) is 18.5 Å². The highest BCUT2D eigenvalue weighted by Crippen LogP contribution is 2.38. The Bertz CT molecular complexity index is 689. The highest BCUT2D eigenvalue weighted by atomic mass is 31.2. The lowest BCUT2D eigenvalue weighted by molar-refractivity contribution is 0.0812. The minimum atomic E-state index is -4.38. The molecule has 20 heavy (non-hydrogen) atoms. The van der Waals surface area contributed by atoms with Crippen LogP contribution in [0.2, 0.25) is 0 Å². The molecule has 1 aromatic heterocycles. The predicted molar refractivity (Wildman–Crippen MR) is 66.0 cm³/mol. The van der Waals surface area contributed by atoms with Gasteiger partial charge in [-0.25, -0.2) is 9.18 Å². The van der Waals surface area contributed by atoms with E-state index in [0.29, 0.717) is 0 Å². The van der Waals surface area contributed by atoms with Crippen LogP contribution in [-0.4, -0.2) is 31.8 Å². The van der Waals surface area contributed by atoms with Crippen LogP contribution in [0.15, 0.2) is 33.8 Å². The molecule has 0 saturated carbocycles. The van der Waals surface area contributed by atoms with Crippen molar-refractivity contribution in [2.75, 3.05) is 6.35 Å². The molecule has 0 saturated heterocycles. The van der Waals surface area contributed by atoms with Crippen molar-refractivity contribution < 1.29 is 23.5 Å². The van der Waals surface area contributed by atoms with Crippen molar-refractivity contribution in [1.82, 2.24) is 9.55 Å². The number of rotatable bonds is 4. The van der Waals surface area contributed by atoms with Crippen LogP contribution in [0.3, 0.4) is 0 Å². The average molecular weight is 306 g/mol.